The maximum Gasteiger partial charge on any atom is 0.115 e. The lowest BCUT2D eigenvalue weighted by Crippen LogP contribution is -2.55. The average molecular weight is 185 g/mol. The fraction of sp³-hybridized carbons (Fsp3) is 1.00. The third kappa shape index (κ3) is 2.03. The van der Waals surface area contributed by atoms with E-state index >= 15 is 0 Å². The normalized spacial score (nSPS) is 32.5. The van der Waals surface area contributed by atoms with Crippen LogP contribution in [0.15, 0.2) is 0 Å². The average Bonchev–Trinajstić information content (AvgIpc) is 2.13. The zero-order valence-corrected chi connectivity index (χ0v) is 8.34. The van der Waals surface area contributed by atoms with E-state index in [1.807, 2.05) is 0 Å². The molecule has 0 aromatic rings. The van der Waals surface area contributed by atoms with Gasteiger partial charge in [-0.25, -0.2) is 0 Å². The van der Waals surface area contributed by atoms with Gasteiger partial charge in [0.25, 0.3) is 0 Å². The van der Waals surface area contributed by atoms with E-state index < -0.39 is 0 Å². The van der Waals surface area contributed by atoms with Crippen LogP contribution in [0.4, 0.5) is 0 Å². The maximum atomic E-state index is 6.08. The first-order valence-corrected chi connectivity index (χ1v) is 5.31. The highest BCUT2D eigenvalue weighted by Crippen LogP contribution is 2.28. The summed E-state index contributed by atoms with van der Waals surface area (Å²) in [4.78, 5) is 0. The smallest absolute Gasteiger partial charge is 0.115 e. The monoisotopic (exact) mass is 185 g/mol. The first-order valence-electron chi connectivity index (χ1n) is 5.31. The van der Waals surface area contributed by atoms with Crippen molar-refractivity contribution in [1.29, 1.82) is 0 Å². The van der Waals surface area contributed by atoms with Gasteiger partial charge >= 0.3 is 0 Å². The largest absolute Gasteiger partial charge is 0.375 e. The summed E-state index contributed by atoms with van der Waals surface area (Å²) in [6, 6.07) is 0. The summed E-state index contributed by atoms with van der Waals surface area (Å²) in [6.45, 7) is 5.93. The van der Waals surface area contributed by atoms with Gasteiger partial charge in [0.1, 0.15) is 5.60 Å². The summed E-state index contributed by atoms with van der Waals surface area (Å²) in [5.41, 5.74) is 0.0592. The van der Waals surface area contributed by atoms with Crippen LogP contribution in [-0.4, -0.2) is 38.0 Å². The standard InChI is InChI=1S/C10H19NO2/c1-2-10(7-12-8-10)13-9-4-3-5-11-6-9/h9,11H,2-8H2,1H3. The van der Waals surface area contributed by atoms with Gasteiger partial charge < -0.3 is 14.8 Å². The number of ether oxygens (including phenoxy) is 2. The molecule has 0 aromatic carbocycles. The second-order valence-corrected chi connectivity index (χ2v) is 4.12. The molecule has 1 atom stereocenters. The molecule has 3 nitrogen and oxygen atoms in total. The number of nitrogens with one attached hydrogen (secondary N) is 1. The Morgan fingerprint density at radius 2 is 2.38 bits per heavy atom. The van der Waals surface area contributed by atoms with Gasteiger partial charge in [0.05, 0.1) is 19.3 Å². The Kier molecular flexibility index (Phi) is 2.86. The third-order valence-electron chi connectivity index (χ3n) is 3.04. The van der Waals surface area contributed by atoms with Crippen molar-refractivity contribution in [3.05, 3.63) is 0 Å². The minimum Gasteiger partial charge on any atom is -0.375 e. The molecule has 0 amide bonds. The molecule has 0 bridgehead atoms. The molecule has 13 heavy (non-hydrogen) atoms. The van der Waals surface area contributed by atoms with E-state index in [1.54, 1.807) is 0 Å². The Labute approximate surface area is 79.8 Å². The van der Waals surface area contributed by atoms with Crippen molar-refractivity contribution < 1.29 is 9.47 Å². The summed E-state index contributed by atoms with van der Waals surface area (Å²) in [6.07, 6.45) is 3.93. The second kappa shape index (κ2) is 3.95. The number of piperidine rings is 1. The van der Waals surface area contributed by atoms with Gasteiger partial charge in [-0.1, -0.05) is 6.92 Å². The molecule has 2 fully saturated rings. The van der Waals surface area contributed by atoms with E-state index in [0.29, 0.717) is 6.10 Å². The van der Waals surface area contributed by atoms with Crippen LogP contribution in [-0.2, 0) is 9.47 Å². The van der Waals surface area contributed by atoms with Crippen molar-refractivity contribution in [2.24, 2.45) is 0 Å². The van der Waals surface area contributed by atoms with Crippen LogP contribution in [0.25, 0.3) is 0 Å². The van der Waals surface area contributed by atoms with Crippen LogP contribution in [0.3, 0.4) is 0 Å². The highest BCUT2D eigenvalue weighted by Gasteiger charge is 2.40. The van der Waals surface area contributed by atoms with Crippen LogP contribution in [0.1, 0.15) is 26.2 Å². The van der Waals surface area contributed by atoms with E-state index in [4.69, 9.17) is 9.47 Å². The van der Waals surface area contributed by atoms with Crippen molar-refractivity contribution >= 4 is 0 Å². The lowest BCUT2D eigenvalue weighted by atomic mass is 9.97. The topological polar surface area (TPSA) is 30.5 Å². The summed E-state index contributed by atoms with van der Waals surface area (Å²) in [5, 5.41) is 3.36. The second-order valence-electron chi connectivity index (χ2n) is 4.12. The Balaban J connectivity index is 1.81. The van der Waals surface area contributed by atoms with Gasteiger partial charge in [0, 0.05) is 6.54 Å². The minimum absolute atomic E-state index is 0.0592. The summed E-state index contributed by atoms with van der Waals surface area (Å²) in [5.74, 6) is 0. The molecule has 2 aliphatic rings. The molecule has 0 aromatic heterocycles. The highest BCUT2D eigenvalue weighted by molar-refractivity contribution is 4.88. The predicted octanol–water partition coefficient (Wildman–Crippen LogP) is 0.934. The van der Waals surface area contributed by atoms with Crippen LogP contribution >= 0.6 is 0 Å². The molecule has 2 saturated heterocycles. The minimum atomic E-state index is 0.0592. The predicted molar refractivity (Wildman–Crippen MR) is 50.8 cm³/mol. The van der Waals surface area contributed by atoms with Gasteiger partial charge in [-0.2, -0.15) is 0 Å². The van der Waals surface area contributed by atoms with Crippen LogP contribution in [0.5, 0.6) is 0 Å². The summed E-state index contributed by atoms with van der Waals surface area (Å²) < 4.78 is 11.3. The number of rotatable bonds is 3. The number of hydrogen-bond donors (Lipinski definition) is 1. The van der Waals surface area contributed by atoms with Gasteiger partial charge in [0.2, 0.25) is 0 Å². The molecule has 2 aliphatic heterocycles. The summed E-state index contributed by atoms with van der Waals surface area (Å²) >= 11 is 0. The SMILES string of the molecule is CCC1(OC2CCCNC2)COC1. The molecular weight excluding hydrogens is 166 g/mol. The van der Waals surface area contributed by atoms with Gasteiger partial charge in [-0.05, 0) is 25.8 Å². The van der Waals surface area contributed by atoms with Crippen molar-refractivity contribution in [3.8, 4) is 0 Å². The van der Waals surface area contributed by atoms with Crippen LogP contribution in [0.2, 0.25) is 0 Å². The molecule has 0 aliphatic carbocycles. The van der Waals surface area contributed by atoms with E-state index in [2.05, 4.69) is 12.2 Å². The molecule has 0 saturated carbocycles. The Morgan fingerprint density at radius 3 is 2.85 bits per heavy atom. The van der Waals surface area contributed by atoms with Crippen LogP contribution in [0, 0.1) is 0 Å². The summed E-state index contributed by atoms with van der Waals surface area (Å²) in [7, 11) is 0. The van der Waals surface area contributed by atoms with Crippen molar-refractivity contribution in [2.75, 3.05) is 26.3 Å². The molecule has 0 spiro atoms. The van der Waals surface area contributed by atoms with E-state index in [-0.39, 0.29) is 5.60 Å². The fourth-order valence-corrected chi connectivity index (χ4v) is 1.96. The molecule has 1 unspecified atom stereocenters. The molecule has 2 heterocycles. The lowest BCUT2D eigenvalue weighted by molar-refractivity contribution is -0.233. The number of hydrogen-bond acceptors (Lipinski definition) is 3. The Hall–Kier alpha value is -0.120. The van der Waals surface area contributed by atoms with Crippen LogP contribution < -0.4 is 5.32 Å². The van der Waals surface area contributed by atoms with E-state index in [9.17, 15) is 0 Å². The van der Waals surface area contributed by atoms with Gasteiger partial charge in [0.15, 0.2) is 0 Å². The lowest BCUT2D eigenvalue weighted by Gasteiger charge is -2.43. The molecule has 2 rings (SSSR count). The first-order chi connectivity index (χ1) is 6.35. The van der Waals surface area contributed by atoms with Gasteiger partial charge in [-0.3, -0.25) is 0 Å². The molecule has 3 heteroatoms. The fourth-order valence-electron chi connectivity index (χ4n) is 1.96. The zero-order valence-electron chi connectivity index (χ0n) is 8.34. The van der Waals surface area contributed by atoms with Crippen molar-refractivity contribution in [2.45, 2.75) is 37.9 Å². The Morgan fingerprint density at radius 1 is 1.54 bits per heavy atom. The Bertz CT molecular complexity index is 157. The molecule has 76 valence electrons. The van der Waals surface area contributed by atoms with Crippen molar-refractivity contribution in [3.63, 3.8) is 0 Å². The van der Waals surface area contributed by atoms with Crippen molar-refractivity contribution in [1.82, 2.24) is 5.32 Å². The first kappa shape index (κ1) is 9.44. The van der Waals surface area contributed by atoms with E-state index in [1.165, 1.54) is 12.8 Å². The molecule has 1 N–H and O–H groups in total. The maximum absolute atomic E-state index is 6.08. The zero-order chi connectivity index (χ0) is 9.15. The molecular formula is C10H19NO2. The molecule has 0 radical (unpaired) electrons. The van der Waals surface area contributed by atoms with Gasteiger partial charge in [-0.15, -0.1) is 0 Å². The highest BCUT2D eigenvalue weighted by atomic mass is 16.6. The third-order valence-corrected chi connectivity index (χ3v) is 3.04. The quantitative estimate of drug-likeness (QED) is 0.709. The van der Waals surface area contributed by atoms with E-state index in [0.717, 1.165) is 32.7 Å².